The summed E-state index contributed by atoms with van der Waals surface area (Å²) in [5.41, 5.74) is -2.01. The maximum Gasteiger partial charge on any atom is 0.239 e. The molecule has 126 valence electrons. The fraction of sp³-hybridized carbons (Fsp3) is 0.467. The molecular weight excluding hydrogens is 313 g/mol. The van der Waals surface area contributed by atoms with Crippen LogP contribution in [0.25, 0.3) is 0 Å². The van der Waals surface area contributed by atoms with Gasteiger partial charge in [0.05, 0.1) is 18.9 Å². The molecule has 1 aromatic carbocycles. The molecule has 0 aliphatic carbocycles. The van der Waals surface area contributed by atoms with Gasteiger partial charge in [-0.3, -0.25) is 9.59 Å². The number of morpholine rings is 1. The van der Waals surface area contributed by atoms with E-state index in [4.69, 9.17) is 4.74 Å². The molecule has 5 nitrogen and oxygen atoms in total. The highest BCUT2D eigenvalue weighted by molar-refractivity contribution is 6.09. The second-order valence-corrected chi connectivity index (χ2v) is 5.71. The minimum atomic E-state index is -1.68. The second-order valence-electron chi connectivity index (χ2n) is 5.71. The Morgan fingerprint density at radius 1 is 1.13 bits per heavy atom. The van der Waals surface area contributed by atoms with E-state index in [1.54, 1.807) is 0 Å². The lowest BCUT2D eigenvalue weighted by molar-refractivity contribution is -0.149. The molecule has 1 N–H and O–H groups in total. The van der Waals surface area contributed by atoms with E-state index >= 15 is 0 Å². The molecule has 8 heteroatoms. The van der Waals surface area contributed by atoms with Crippen molar-refractivity contribution in [1.82, 2.24) is 4.90 Å². The second kappa shape index (κ2) is 6.57. The van der Waals surface area contributed by atoms with Gasteiger partial charge in [-0.2, -0.15) is 0 Å². The number of carbonyl (C=O) groups is 2. The van der Waals surface area contributed by atoms with Gasteiger partial charge in [-0.05, 0) is 26.0 Å². The predicted octanol–water partition coefficient (Wildman–Crippen LogP) is 1.93. The van der Waals surface area contributed by atoms with E-state index in [0.29, 0.717) is 32.4 Å². The smallest absolute Gasteiger partial charge is 0.239 e. The number of halogens is 3. The standard InChI is InChI=1S/C15H17F3N2O3/c1-15(2,14(22)20-5-7-23-8-6-20)13(21)19-10-4-3-9(16)11(17)12(10)18/h3-4H,5-8H2,1-2H3,(H,19,21). The molecule has 23 heavy (non-hydrogen) atoms. The van der Waals surface area contributed by atoms with Crippen molar-refractivity contribution in [3.05, 3.63) is 29.6 Å². The van der Waals surface area contributed by atoms with Crippen LogP contribution >= 0.6 is 0 Å². The molecule has 0 aromatic heterocycles. The van der Waals surface area contributed by atoms with Gasteiger partial charge in [-0.1, -0.05) is 0 Å². The summed E-state index contributed by atoms with van der Waals surface area (Å²) in [6.07, 6.45) is 0. The minimum Gasteiger partial charge on any atom is -0.378 e. The van der Waals surface area contributed by atoms with Crippen LogP contribution in [0.5, 0.6) is 0 Å². The topological polar surface area (TPSA) is 58.6 Å². The van der Waals surface area contributed by atoms with Crippen molar-refractivity contribution in [2.24, 2.45) is 5.41 Å². The fourth-order valence-electron chi connectivity index (χ4n) is 2.16. The Balaban J connectivity index is 2.15. The quantitative estimate of drug-likeness (QED) is 0.680. The van der Waals surface area contributed by atoms with Crippen molar-refractivity contribution in [3.8, 4) is 0 Å². The predicted molar refractivity (Wildman–Crippen MR) is 76.1 cm³/mol. The van der Waals surface area contributed by atoms with Gasteiger partial charge >= 0.3 is 0 Å². The first-order valence-electron chi connectivity index (χ1n) is 7.07. The van der Waals surface area contributed by atoms with Crippen molar-refractivity contribution in [2.75, 3.05) is 31.6 Å². The first kappa shape index (κ1) is 17.3. The summed E-state index contributed by atoms with van der Waals surface area (Å²) < 4.78 is 44.9. The van der Waals surface area contributed by atoms with Gasteiger partial charge in [0.25, 0.3) is 0 Å². The normalized spacial score (nSPS) is 15.4. The van der Waals surface area contributed by atoms with E-state index in [1.807, 2.05) is 0 Å². The van der Waals surface area contributed by atoms with Crippen LogP contribution in [0.3, 0.4) is 0 Å². The van der Waals surface area contributed by atoms with E-state index in [0.717, 1.165) is 6.07 Å². The number of ether oxygens (including phenoxy) is 1. The summed E-state index contributed by atoms with van der Waals surface area (Å²) in [4.78, 5) is 26.2. The highest BCUT2D eigenvalue weighted by atomic mass is 19.2. The molecule has 1 aliphatic heterocycles. The zero-order valence-corrected chi connectivity index (χ0v) is 12.8. The summed E-state index contributed by atoms with van der Waals surface area (Å²) >= 11 is 0. The lowest BCUT2D eigenvalue weighted by Gasteiger charge is -2.33. The number of nitrogens with zero attached hydrogens (tertiary/aromatic N) is 1. The Bertz CT molecular complexity index is 629. The number of nitrogens with one attached hydrogen (secondary N) is 1. The summed E-state index contributed by atoms with van der Waals surface area (Å²) in [5.74, 6) is -5.79. The van der Waals surface area contributed by atoms with Gasteiger partial charge in [0.15, 0.2) is 17.5 Å². The molecule has 2 amide bonds. The van der Waals surface area contributed by atoms with Crippen LogP contribution in [0.1, 0.15) is 13.8 Å². The Kier molecular flexibility index (Phi) is 4.93. The number of hydrogen-bond donors (Lipinski definition) is 1. The fourth-order valence-corrected chi connectivity index (χ4v) is 2.16. The molecule has 0 radical (unpaired) electrons. The summed E-state index contributed by atoms with van der Waals surface area (Å²) in [6.45, 7) is 4.24. The molecule has 0 unspecified atom stereocenters. The van der Waals surface area contributed by atoms with E-state index in [1.165, 1.54) is 18.7 Å². The van der Waals surface area contributed by atoms with Crippen LogP contribution in [0.2, 0.25) is 0 Å². The highest BCUT2D eigenvalue weighted by Gasteiger charge is 2.40. The molecule has 0 atom stereocenters. The van der Waals surface area contributed by atoms with Crippen molar-refractivity contribution >= 4 is 17.5 Å². The highest BCUT2D eigenvalue weighted by Crippen LogP contribution is 2.25. The number of benzene rings is 1. The van der Waals surface area contributed by atoms with Crippen LogP contribution in [-0.2, 0) is 14.3 Å². The molecule has 1 fully saturated rings. The molecule has 0 bridgehead atoms. The maximum absolute atomic E-state index is 13.6. The van der Waals surface area contributed by atoms with E-state index < -0.39 is 40.4 Å². The van der Waals surface area contributed by atoms with Gasteiger partial charge in [0.1, 0.15) is 5.41 Å². The third kappa shape index (κ3) is 3.47. The average Bonchev–Trinajstić information content (AvgIpc) is 2.55. The third-order valence-corrected chi connectivity index (χ3v) is 3.68. The SMILES string of the molecule is CC(C)(C(=O)Nc1ccc(F)c(F)c1F)C(=O)N1CCOCC1. The molecular formula is C15H17F3N2O3. The first-order chi connectivity index (χ1) is 10.7. The molecule has 1 aliphatic rings. The molecule has 1 aromatic rings. The van der Waals surface area contributed by atoms with E-state index in [2.05, 4.69) is 5.32 Å². The number of anilines is 1. The van der Waals surface area contributed by atoms with Crippen molar-refractivity contribution in [1.29, 1.82) is 0 Å². The van der Waals surface area contributed by atoms with Crippen molar-refractivity contribution < 1.29 is 27.5 Å². The maximum atomic E-state index is 13.6. The largest absolute Gasteiger partial charge is 0.378 e. The molecule has 1 heterocycles. The number of amides is 2. The molecule has 0 spiro atoms. The molecule has 1 saturated heterocycles. The van der Waals surface area contributed by atoms with Gasteiger partial charge in [-0.15, -0.1) is 0 Å². The van der Waals surface area contributed by atoms with Gasteiger partial charge in [-0.25, -0.2) is 13.2 Å². The third-order valence-electron chi connectivity index (χ3n) is 3.68. The Morgan fingerprint density at radius 3 is 2.35 bits per heavy atom. The average molecular weight is 330 g/mol. The zero-order chi connectivity index (χ0) is 17.2. The lowest BCUT2D eigenvalue weighted by atomic mass is 9.90. The zero-order valence-electron chi connectivity index (χ0n) is 12.8. The Hall–Kier alpha value is -2.09. The summed E-state index contributed by atoms with van der Waals surface area (Å²) in [5, 5.41) is 2.14. The van der Waals surface area contributed by atoms with Crippen LogP contribution in [0.4, 0.5) is 18.9 Å². The van der Waals surface area contributed by atoms with Crippen molar-refractivity contribution in [2.45, 2.75) is 13.8 Å². The minimum absolute atomic E-state index is 0.356. The lowest BCUT2D eigenvalue weighted by Crippen LogP contribution is -2.51. The van der Waals surface area contributed by atoms with Crippen LogP contribution in [-0.4, -0.2) is 43.0 Å². The summed E-state index contributed by atoms with van der Waals surface area (Å²) in [6, 6.07) is 1.60. The van der Waals surface area contributed by atoms with Crippen LogP contribution in [0, 0.1) is 22.9 Å². The monoisotopic (exact) mass is 330 g/mol. The Morgan fingerprint density at radius 2 is 1.74 bits per heavy atom. The number of carbonyl (C=O) groups excluding carboxylic acids is 2. The van der Waals surface area contributed by atoms with Crippen molar-refractivity contribution in [3.63, 3.8) is 0 Å². The van der Waals surface area contributed by atoms with Gasteiger partial charge in [0, 0.05) is 13.1 Å². The van der Waals surface area contributed by atoms with Gasteiger partial charge < -0.3 is 15.0 Å². The Labute approximate surface area is 131 Å². The van der Waals surface area contributed by atoms with Crippen LogP contribution in [0.15, 0.2) is 12.1 Å². The number of hydrogen-bond acceptors (Lipinski definition) is 3. The first-order valence-corrected chi connectivity index (χ1v) is 7.07. The van der Waals surface area contributed by atoms with E-state index in [-0.39, 0.29) is 0 Å². The van der Waals surface area contributed by atoms with Crippen LogP contribution < -0.4 is 5.32 Å². The molecule has 2 rings (SSSR count). The summed E-state index contributed by atoms with van der Waals surface area (Å²) in [7, 11) is 0. The van der Waals surface area contributed by atoms with E-state index in [9.17, 15) is 22.8 Å². The molecule has 0 saturated carbocycles. The number of rotatable bonds is 3. The van der Waals surface area contributed by atoms with Gasteiger partial charge in [0.2, 0.25) is 11.8 Å².